The largest absolute Gasteiger partial charge is 0.416 e. The number of halogens is 7. The molecule has 3 aromatic rings. The maximum Gasteiger partial charge on any atom is 0.416 e. The van der Waals surface area contributed by atoms with Crippen molar-refractivity contribution in [1.29, 1.82) is 0 Å². The molecule has 1 N–H and O–H groups in total. The van der Waals surface area contributed by atoms with E-state index >= 15 is 0 Å². The van der Waals surface area contributed by atoms with Crippen LogP contribution in [0.3, 0.4) is 0 Å². The second-order valence-electron chi connectivity index (χ2n) is 10.5. The average molecular weight is 582 g/mol. The Balaban J connectivity index is 1.54. The summed E-state index contributed by atoms with van der Waals surface area (Å²) in [5.41, 5.74) is -0.933. The molecule has 0 spiro atoms. The Bertz CT molecular complexity index is 1490. The normalized spacial score (nSPS) is 21.9. The predicted molar refractivity (Wildman–Crippen MR) is 137 cm³/mol. The summed E-state index contributed by atoms with van der Waals surface area (Å²) in [6, 6.07) is 10.1. The highest BCUT2D eigenvalue weighted by molar-refractivity contribution is 5.67. The first-order valence-corrected chi connectivity index (χ1v) is 13.0. The minimum Gasteiger partial charge on any atom is -0.393 e. The zero-order chi connectivity index (χ0) is 29.7. The van der Waals surface area contributed by atoms with Gasteiger partial charge in [-0.25, -0.2) is 4.39 Å². The molecular weight excluding hydrogens is 555 g/mol. The van der Waals surface area contributed by atoms with E-state index in [0.717, 1.165) is 5.57 Å². The third kappa shape index (κ3) is 6.11. The Morgan fingerprint density at radius 1 is 0.951 bits per heavy atom. The first-order chi connectivity index (χ1) is 19.2. The van der Waals surface area contributed by atoms with Gasteiger partial charge in [0, 0.05) is 11.8 Å². The Labute approximate surface area is 230 Å². The second-order valence-corrected chi connectivity index (χ2v) is 10.5. The Morgan fingerprint density at radius 3 is 2.15 bits per heavy atom. The summed E-state index contributed by atoms with van der Waals surface area (Å²) in [5, 5.41) is 9.85. The topological polar surface area (TPSA) is 51.5 Å². The molecule has 0 saturated carbocycles. The van der Waals surface area contributed by atoms with Crippen molar-refractivity contribution in [3.63, 3.8) is 0 Å². The number of pyridine rings is 1. The number of hydrogen-bond acceptors (Lipinski definition) is 3. The van der Waals surface area contributed by atoms with Crippen molar-refractivity contribution in [3.8, 4) is 0 Å². The molecule has 0 radical (unpaired) electrons. The minimum absolute atomic E-state index is 0.0102. The number of nitrogens with zero attached hydrogens (tertiary/aromatic N) is 1. The molecule has 41 heavy (non-hydrogen) atoms. The van der Waals surface area contributed by atoms with Gasteiger partial charge in [-0.05, 0) is 84.8 Å². The third-order valence-corrected chi connectivity index (χ3v) is 7.65. The van der Waals surface area contributed by atoms with Crippen LogP contribution in [0.2, 0.25) is 0 Å². The molecule has 4 atom stereocenters. The molecular formula is C30H26F7NO3. The number of benzene rings is 2. The molecule has 2 aromatic carbocycles. The van der Waals surface area contributed by atoms with Crippen LogP contribution in [-0.2, 0) is 23.6 Å². The predicted octanol–water partition coefficient (Wildman–Crippen LogP) is 7.25. The van der Waals surface area contributed by atoms with E-state index < -0.39 is 53.5 Å². The van der Waals surface area contributed by atoms with Crippen molar-refractivity contribution in [3.05, 3.63) is 110 Å². The van der Waals surface area contributed by atoms with E-state index in [4.69, 9.17) is 4.74 Å². The number of aliphatic hydroxyl groups is 1. The summed E-state index contributed by atoms with van der Waals surface area (Å²) in [6.07, 6.45) is -9.16. The fourth-order valence-electron chi connectivity index (χ4n) is 5.55. The van der Waals surface area contributed by atoms with Gasteiger partial charge in [0.05, 0.1) is 41.9 Å². The van der Waals surface area contributed by atoms with Crippen molar-refractivity contribution < 1.29 is 40.6 Å². The van der Waals surface area contributed by atoms with Crippen molar-refractivity contribution in [2.24, 2.45) is 0 Å². The van der Waals surface area contributed by atoms with E-state index in [9.17, 15) is 40.6 Å². The molecule has 2 heterocycles. The highest BCUT2D eigenvalue weighted by Gasteiger charge is 2.40. The summed E-state index contributed by atoms with van der Waals surface area (Å²) in [6.45, 7) is 1.34. The highest BCUT2D eigenvalue weighted by atomic mass is 19.4. The van der Waals surface area contributed by atoms with Gasteiger partial charge in [0.2, 0.25) is 0 Å². The first kappa shape index (κ1) is 29.1. The quantitative estimate of drug-likeness (QED) is 0.323. The van der Waals surface area contributed by atoms with E-state index in [-0.39, 0.29) is 23.7 Å². The molecule has 11 heteroatoms. The van der Waals surface area contributed by atoms with Gasteiger partial charge in [-0.15, -0.1) is 0 Å². The van der Waals surface area contributed by atoms with Gasteiger partial charge in [-0.2, -0.15) is 26.3 Å². The second kappa shape index (κ2) is 10.8. The lowest BCUT2D eigenvalue weighted by Gasteiger charge is -2.25. The monoisotopic (exact) mass is 581 g/mol. The number of ether oxygens (including phenoxy) is 1. The maximum atomic E-state index is 13.8. The van der Waals surface area contributed by atoms with Crippen LogP contribution >= 0.6 is 0 Å². The van der Waals surface area contributed by atoms with Gasteiger partial charge in [-0.3, -0.25) is 4.79 Å². The van der Waals surface area contributed by atoms with Crippen molar-refractivity contribution in [2.45, 2.75) is 69.3 Å². The lowest BCUT2D eigenvalue weighted by molar-refractivity contribution is -0.143. The van der Waals surface area contributed by atoms with Crippen molar-refractivity contribution in [1.82, 2.24) is 4.57 Å². The molecule has 0 saturated heterocycles. The molecule has 1 aliphatic heterocycles. The van der Waals surface area contributed by atoms with Crippen LogP contribution in [0, 0.1) is 5.82 Å². The van der Waals surface area contributed by atoms with Gasteiger partial charge < -0.3 is 14.4 Å². The number of aliphatic hydroxyl groups excluding tert-OH is 1. The van der Waals surface area contributed by atoms with Crippen LogP contribution in [0.15, 0.2) is 65.5 Å². The fraction of sp³-hybridized carbons (Fsp3) is 0.367. The first-order valence-electron chi connectivity index (χ1n) is 13.0. The molecule has 1 aromatic heterocycles. The van der Waals surface area contributed by atoms with Crippen LogP contribution in [0.5, 0.6) is 0 Å². The zero-order valence-electron chi connectivity index (χ0n) is 21.8. The molecule has 0 fully saturated rings. The number of aromatic nitrogens is 1. The Hall–Kier alpha value is -3.44. The summed E-state index contributed by atoms with van der Waals surface area (Å²) < 4.78 is 102. The van der Waals surface area contributed by atoms with Gasteiger partial charge in [0.25, 0.3) is 5.56 Å². The summed E-state index contributed by atoms with van der Waals surface area (Å²) in [5.74, 6) is -1.16. The van der Waals surface area contributed by atoms with E-state index in [1.165, 1.54) is 41.8 Å². The standard InChI is InChI=1S/C30H26F7NO3/c1-16(19-10-21(29(32,33)34)14-22(11-19)30(35,36)37)41-26-15-38-25(28(26)18-2-6-23(31)7-3-18)12-20(13-27(38)40)17-4-8-24(39)9-5-17/h2-4,6-7,10-14,16,24,26,28,39H,5,8-9,15H2,1H3/t16-,24?,26+,28+/m1/s1. The number of allylic oxidation sites excluding steroid dienone is 1. The Morgan fingerprint density at radius 2 is 1.59 bits per heavy atom. The van der Waals surface area contributed by atoms with Crippen LogP contribution in [0.25, 0.3) is 5.57 Å². The number of rotatable bonds is 5. The third-order valence-electron chi connectivity index (χ3n) is 7.65. The molecule has 4 nitrogen and oxygen atoms in total. The van der Waals surface area contributed by atoms with E-state index in [2.05, 4.69) is 0 Å². The average Bonchev–Trinajstić information content (AvgIpc) is 3.26. The fourth-order valence-corrected chi connectivity index (χ4v) is 5.55. The Kier molecular flexibility index (Phi) is 7.63. The molecule has 218 valence electrons. The lowest BCUT2D eigenvalue weighted by Crippen LogP contribution is -2.24. The van der Waals surface area contributed by atoms with Crippen LogP contribution < -0.4 is 5.56 Å². The van der Waals surface area contributed by atoms with Crippen LogP contribution in [-0.4, -0.2) is 21.9 Å². The van der Waals surface area contributed by atoms with Gasteiger partial charge in [-0.1, -0.05) is 18.2 Å². The van der Waals surface area contributed by atoms with Gasteiger partial charge in [0.15, 0.2) is 0 Å². The minimum atomic E-state index is -5.01. The maximum absolute atomic E-state index is 13.8. The van der Waals surface area contributed by atoms with E-state index in [1.807, 2.05) is 6.08 Å². The lowest BCUT2D eigenvalue weighted by atomic mass is 9.88. The molecule has 0 amide bonds. The summed E-state index contributed by atoms with van der Waals surface area (Å²) in [4.78, 5) is 13.2. The van der Waals surface area contributed by atoms with E-state index in [0.29, 0.717) is 48.2 Å². The smallest absolute Gasteiger partial charge is 0.393 e. The van der Waals surface area contributed by atoms with Gasteiger partial charge in [0.1, 0.15) is 5.82 Å². The molecule has 2 aliphatic rings. The van der Waals surface area contributed by atoms with E-state index in [1.54, 1.807) is 6.07 Å². The molecule has 1 aliphatic carbocycles. The molecule has 1 unspecified atom stereocenters. The SMILES string of the molecule is C[C@@H](O[C@H]1Cn2c(cc(C3=CCC(O)CC3)cc2=O)[C@@H]1c1ccc(F)cc1)c1cc(C(F)(F)F)cc(C(F)(F)F)c1. The van der Waals surface area contributed by atoms with Crippen LogP contribution in [0.1, 0.15) is 71.7 Å². The highest BCUT2D eigenvalue weighted by Crippen LogP contribution is 2.42. The number of fused-ring (bicyclic) bond motifs is 1. The van der Waals surface area contributed by atoms with Crippen molar-refractivity contribution in [2.75, 3.05) is 0 Å². The van der Waals surface area contributed by atoms with Crippen molar-refractivity contribution >= 4 is 5.57 Å². The number of alkyl halides is 6. The van der Waals surface area contributed by atoms with Crippen LogP contribution in [0.4, 0.5) is 30.7 Å². The van der Waals surface area contributed by atoms with Gasteiger partial charge >= 0.3 is 12.4 Å². The summed E-state index contributed by atoms with van der Waals surface area (Å²) in [7, 11) is 0. The summed E-state index contributed by atoms with van der Waals surface area (Å²) >= 11 is 0. The zero-order valence-corrected chi connectivity index (χ0v) is 21.8. The molecule has 0 bridgehead atoms. The molecule has 5 rings (SSSR count). The number of hydrogen-bond donors (Lipinski definition) is 1.